The first-order chi connectivity index (χ1) is 12.1. The fraction of sp³-hybridized carbons (Fsp3) is 0.278. The van der Waals surface area contributed by atoms with Crippen LogP contribution in [0, 0.1) is 0 Å². The standard InChI is InChI=1S/C18H21N3O4/c1-3-24-17-14(8-6-10-19-17)12-20-16(22)13-7-5-9-15(11-13)21-18(23)25-4-2/h5-11H,3-4,12H2,1-2H3,(H,20,22)(H,21,23). The number of carbonyl (C=O) groups is 2. The van der Waals surface area contributed by atoms with Gasteiger partial charge in [0.15, 0.2) is 0 Å². The number of nitrogens with zero attached hydrogens (tertiary/aromatic N) is 1. The number of carbonyl (C=O) groups excluding carboxylic acids is 2. The molecular weight excluding hydrogens is 322 g/mol. The van der Waals surface area contributed by atoms with Crippen LogP contribution in [0.3, 0.4) is 0 Å². The molecule has 0 fully saturated rings. The first-order valence-corrected chi connectivity index (χ1v) is 8.02. The first kappa shape index (κ1) is 18.3. The summed E-state index contributed by atoms with van der Waals surface area (Å²) < 4.78 is 10.3. The predicted molar refractivity (Wildman–Crippen MR) is 93.7 cm³/mol. The van der Waals surface area contributed by atoms with E-state index < -0.39 is 6.09 Å². The zero-order valence-corrected chi connectivity index (χ0v) is 14.2. The van der Waals surface area contributed by atoms with Crippen LogP contribution < -0.4 is 15.4 Å². The van der Waals surface area contributed by atoms with Crippen molar-refractivity contribution < 1.29 is 19.1 Å². The van der Waals surface area contributed by atoms with Crippen molar-refractivity contribution in [3.8, 4) is 5.88 Å². The Kier molecular flexibility index (Phi) is 6.76. The van der Waals surface area contributed by atoms with Gasteiger partial charge in [0.1, 0.15) is 0 Å². The lowest BCUT2D eigenvalue weighted by molar-refractivity contribution is 0.0950. The van der Waals surface area contributed by atoms with Crippen LogP contribution in [0.4, 0.5) is 10.5 Å². The molecule has 1 aromatic carbocycles. The molecule has 2 amide bonds. The van der Waals surface area contributed by atoms with Crippen molar-refractivity contribution in [1.82, 2.24) is 10.3 Å². The molecule has 25 heavy (non-hydrogen) atoms. The van der Waals surface area contributed by atoms with Gasteiger partial charge in [0.2, 0.25) is 5.88 Å². The van der Waals surface area contributed by atoms with Gasteiger partial charge in [-0.2, -0.15) is 0 Å². The number of rotatable bonds is 7. The van der Waals surface area contributed by atoms with Gasteiger partial charge in [-0.15, -0.1) is 0 Å². The monoisotopic (exact) mass is 343 g/mol. The summed E-state index contributed by atoms with van der Waals surface area (Å²) in [7, 11) is 0. The molecule has 0 bridgehead atoms. The second-order valence-corrected chi connectivity index (χ2v) is 5.01. The summed E-state index contributed by atoms with van der Waals surface area (Å²) in [5.74, 6) is 0.238. The van der Waals surface area contributed by atoms with E-state index in [9.17, 15) is 9.59 Å². The summed E-state index contributed by atoms with van der Waals surface area (Å²) in [5, 5.41) is 5.38. The van der Waals surface area contributed by atoms with Crippen LogP contribution in [0.15, 0.2) is 42.6 Å². The van der Waals surface area contributed by atoms with E-state index in [0.717, 1.165) is 5.56 Å². The average Bonchev–Trinajstić information content (AvgIpc) is 2.61. The average molecular weight is 343 g/mol. The van der Waals surface area contributed by atoms with E-state index >= 15 is 0 Å². The lowest BCUT2D eigenvalue weighted by Crippen LogP contribution is -2.23. The molecule has 0 unspecified atom stereocenters. The SMILES string of the molecule is CCOC(=O)Nc1cccc(C(=O)NCc2cccnc2OCC)c1. The highest BCUT2D eigenvalue weighted by Crippen LogP contribution is 2.15. The van der Waals surface area contributed by atoms with Crippen molar-refractivity contribution in [2.75, 3.05) is 18.5 Å². The van der Waals surface area contributed by atoms with Crippen LogP contribution in [0.5, 0.6) is 5.88 Å². The molecule has 0 saturated heterocycles. The largest absolute Gasteiger partial charge is 0.478 e. The van der Waals surface area contributed by atoms with Crippen molar-refractivity contribution in [2.24, 2.45) is 0 Å². The number of hydrogen-bond donors (Lipinski definition) is 2. The molecule has 0 aliphatic heterocycles. The second kappa shape index (κ2) is 9.27. The van der Waals surface area contributed by atoms with Gasteiger partial charge in [-0.05, 0) is 38.1 Å². The maximum Gasteiger partial charge on any atom is 0.411 e. The molecule has 7 heteroatoms. The number of aromatic nitrogens is 1. The zero-order valence-electron chi connectivity index (χ0n) is 14.2. The van der Waals surface area contributed by atoms with Gasteiger partial charge in [0.05, 0.1) is 13.2 Å². The fourth-order valence-electron chi connectivity index (χ4n) is 2.13. The molecule has 0 atom stereocenters. The highest BCUT2D eigenvalue weighted by Gasteiger charge is 2.10. The Morgan fingerprint density at radius 2 is 1.96 bits per heavy atom. The first-order valence-electron chi connectivity index (χ1n) is 8.02. The Labute approximate surface area is 146 Å². The molecule has 7 nitrogen and oxygen atoms in total. The van der Waals surface area contributed by atoms with E-state index in [0.29, 0.717) is 23.7 Å². The van der Waals surface area contributed by atoms with Crippen LogP contribution in [-0.2, 0) is 11.3 Å². The highest BCUT2D eigenvalue weighted by molar-refractivity contribution is 5.96. The number of ether oxygens (including phenoxy) is 2. The summed E-state index contributed by atoms with van der Waals surface area (Å²) in [5.41, 5.74) is 1.71. The Balaban J connectivity index is 2.00. The third-order valence-corrected chi connectivity index (χ3v) is 3.22. The molecule has 1 aromatic heterocycles. The maximum atomic E-state index is 12.3. The van der Waals surface area contributed by atoms with Crippen molar-refractivity contribution in [3.05, 3.63) is 53.7 Å². The maximum absolute atomic E-state index is 12.3. The number of pyridine rings is 1. The molecule has 0 saturated carbocycles. The molecule has 0 spiro atoms. The van der Waals surface area contributed by atoms with Crippen molar-refractivity contribution in [1.29, 1.82) is 0 Å². The van der Waals surface area contributed by atoms with Crippen LogP contribution in [-0.4, -0.2) is 30.2 Å². The van der Waals surface area contributed by atoms with Gasteiger partial charge in [0, 0.05) is 29.6 Å². The number of benzene rings is 1. The number of amides is 2. The molecular formula is C18H21N3O4. The van der Waals surface area contributed by atoms with Gasteiger partial charge in [-0.3, -0.25) is 10.1 Å². The van der Waals surface area contributed by atoms with Crippen molar-refractivity contribution >= 4 is 17.7 Å². The Morgan fingerprint density at radius 1 is 1.12 bits per heavy atom. The van der Waals surface area contributed by atoms with E-state index in [1.165, 1.54) is 0 Å². The van der Waals surface area contributed by atoms with Gasteiger partial charge >= 0.3 is 6.09 Å². The lowest BCUT2D eigenvalue weighted by atomic mass is 10.2. The quantitative estimate of drug-likeness (QED) is 0.807. The van der Waals surface area contributed by atoms with Crippen molar-refractivity contribution in [2.45, 2.75) is 20.4 Å². The highest BCUT2D eigenvalue weighted by atomic mass is 16.5. The minimum absolute atomic E-state index is 0.265. The summed E-state index contributed by atoms with van der Waals surface area (Å²) in [4.78, 5) is 27.9. The molecule has 0 radical (unpaired) electrons. The normalized spacial score (nSPS) is 10.0. The fourth-order valence-corrected chi connectivity index (χ4v) is 2.13. The zero-order chi connectivity index (χ0) is 18.1. The van der Waals surface area contributed by atoms with Crippen molar-refractivity contribution in [3.63, 3.8) is 0 Å². The summed E-state index contributed by atoms with van der Waals surface area (Å²) in [6.45, 7) is 4.66. The molecule has 0 aliphatic carbocycles. The van der Waals surface area contributed by atoms with E-state index in [1.54, 1.807) is 43.5 Å². The molecule has 0 aliphatic rings. The number of hydrogen-bond acceptors (Lipinski definition) is 5. The van der Waals surface area contributed by atoms with Crippen LogP contribution >= 0.6 is 0 Å². The Bertz CT molecular complexity index is 734. The van der Waals surface area contributed by atoms with Gasteiger partial charge < -0.3 is 14.8 Å². The van der Waals surface area contributed by atoms with E-state index in [2.05, 4.69) is 15.6 Å². The topological polar surface area (TPSA) is 89.5 Å². The molecule has 2 rings (SSSR count). The third kappa shape index (κ3) is 5.49. The lowest BCUT2D eigenvalue weighted by Gasteiger charge is -2.10. The van der Waals surface area contributed by atoms with Crippen LogP contribution in [0.25, 0.3) is 0 Å². The molecule has 132 valence electrons. The molecule has 2 aromatic rings. The van der Waals surface area contributed by atoms with Crippen LogP contribution in [0.1, 0.15) is 29.8 Å². The Hall–Kier alpha value is -3.09. The van der Waals surface area contributed by atoms with Gasteiger partial charge in [-0.25, -0.2) is 9.78 Å². The summed E-state index contributed by atoms with van der Waals surface area (Å²) >= 11 is 0. The smallest absolute Gasteiger partial charge is 0.411 e. The van der Waals surface area contributed by atoms with E-state index in [1.807, 2.05) is 13.0 Å². The third-order valence-electron chi connectivity index (χ3n) is 3.22. The number of anilines is 1. The summed E-state index contributed by atoms with van der Waals surface area (Å²) in [6.07, 6.45) is 1.08. The predicted octanol–water partition coefficient (Wildman–Crippen LogP) is 2.98. The minimum Gasteiger partial charge on any atom is -0.478 e. The second-order valence-electron chi connectivity index (χ2n) is 5.01. The number of nitrogens with one attached hydrogen (secondary N) is 2. The van der Waals surface area contributed by atoms with Gasteiger partial charge in [0.25, 0.3) is 5.91 Å². The van der Waals surface area contributed by atoms with E-state index in [-0.39, 0.29) is 19.1 Å². The van der Waals surface area contributed by atoms with Gasteiger partial charge in [-0.1, -0.05) is 12.1 Å². The minimum atomic E-state index is -0.559. The van der Waals surface area contributed by atoms with Crippen LogP contribution in [0.2, 0.25) is 0 Å². The van der Waals surface area contributed by atoms with E-state index in [4.69, 9.17) is 9.47 Å². The summed E-state index contributed by atoms with van der Waals surface area (Å²) in [6, 6.07) is 10.2. The molecule has 2 N–H and O–H groups in total. The Morgan fingerprint density at radius 3 is 2.72 bits per heavy atom. The molecule has 1 heterocycles.